The topological polar surface area (TPSA) is 66.5 Å². The zero-order valence-corrected chi connectivity index (χ0v) is 12.7. The first-order valence-electron chi connectivity index (χ1n) is 6.90. The van der Waals surface area contributed by atoms with Crippen molar-refractivity contribution in [1.29, 1.82) is 0 Å². The molecule has 1 aliphatic rings. The maximum atomic E-state index is 11.9. The van der Waals surface area contributed by atoms with Crippen molar-refractivity contribution in [2.24, 2.45) is 0 Å². The molecule has 0 aromatic heterocycles. The van der Waals surface area contributed by atoms with Crippen molar-refractivity contribution >= 4 is 27.3 Å². The molecule has 1 heterocycles. The highest BCUT2D eigenvalue weighted by atomic mass is 32.2. The largest absolute Gasteiger partial charge is 0.312 e. The zero-order chi connectivity index (χ0) is 14.8. The van der Waals surface area contributed by atoms with Gasteiger partial charge in [-0.25, -0.2) is 8.42 Å². The molecular weight excluding hydrogens is 276 g/mol. The third-order valence-corrected chi connectivity index (χ3v) is 4.69. The number of benzene rings is 1. The van der Waals surface area contributed by atoms with Crippen molar-refractivity contribution in [1.82, 2.24) is 0 Å². The Hall–Kier alpha value is -1.56. The highest BCUT2D eigenvalue weighted by Crippen LogP contribution is 2.30. The molecule has 1 amide bonds. The van der Waals surface area contributed by atoms with Crippen molar-refractivity contribution in [2.45, 2.75) is 33.1 Å². The number of rotatable bonds is 5. The highest BCUT2D eigenvalue weighted by molar-refractivity contribution is 7.92. The van der Waals surface area contributed by atoms with E-state index >= 15 is 0 Å². The summed E-state index contributed by atoms with van der Waals surface area (Å²) in [6, 6.07) is 5.38. The van der Waals surface area contributed by atoms with Crippen LogP contribution in [0.25, 0.3) is 0 Å². The minimum Gasteiger partial charge on any atom is -0.312 e. The lowest BCUT2D eigenvalue weighted by atomic mass is 10.0. The van der Waals surface area contributed by atoms with E-state index in [0.717, 1.165) is 17.7 Å². The number of sulfonamides is 1. The molecular formula is C14H20N2O3S. The number of fused-ring (bicyclic) bond motifs is 1. The molecule has 5 nitrogen and oxygen atoms in total. The molecule has 1 aromatic rings. The number of carbonyl (C=O) groups excluding carboxylic acids is 1. The van der Waals surface area contributed by atoms with Crippen molar-refractivity contribution in [3.05, 3.63) is 23.8 Å². The molecule has 2 rings (SSSR count). The summed E-state index contributed by atoms with van der Waals surface area (Å²) in [5, 5.41) is 0. The van der Waals surface area contributed by atoms with Gasteiger partial charge in [0.15, 0.2) is 0 Å². The minimum absolute atomic E-state index is 0.0462. The third kappa shape index (κ3) is 3.12. The van der Waals surface area contributed by atoms with E-state index < -0.39 is 10.0 Å². The molecule has 0 radical (unpaired) electrons. The van der Waals surface area contributed by atoms with Crippen LogP contribution in [0.2, 0.25) is 0 Å². The van der Waals surface area contributed by atoms with E-state index in [9.17, 15) is 13.2 Å². The lowest BCUT2D eigenvalue weighted by molar-refractivity contribution is -0.118. The summed E-state index contributed by atoms with van der Waals surface area (Å²) >= 11 is 0. The van der Waals surface area contributed by atoms with Crippen LogP contribution in [0.5, 0.6) is 0 Å². The van der Waals surface area contributed by atoms with Gasteiger partial charge in [-0.3, -0.25) is 9.52 Å². The lowest BCUT2D eigenvalue weighted by Gasteiger charge is -2.29. The van der Waals surface area contributed by atoms with Crippen molar-refractivity contribution in [2.75, 3.05) is 21.9 Å². The first kappa shape index (κ1) is 14.8. The van der Waals surface area contributed by atoms with Crippen LogP contribution in [0, 0.1) is 0 Å². The molecule has 20 heavy (non-hydrogen) atoms. The van der Waals surface area contributed by atoms with Crippen LogP contribution >= 0.6 is 0 Å². The molecule has 0 aliphatic carbocycles. The van der Waals surface area contributed by atoms with Crippen LogP contribution in [0.3, 0.4) is 0 Å². The van der Waals surface area contributed by atoms with Gasteiger partial charge in [0.2, 0.25) is 15.9 Å². The predicted molar refractivity (Wildman–Crippen MR) is 80.5 cm³/mol. The van der Waals surface area contributed by atoms with Gasteiger partial charge in [-0.15, -0.1) is 0 Å². The zero-order valence-electron chi connectivity index (χ0n) is 11.8. The maximum absolute atomic E-state index is 11.9. The van der Waals surface area contributed by atoms with Gasteiger partial charge in [-0.2, -0.15) is 0 Å². The Morgan fingerprint density at radius 3 is 2.65 bits per heavy atom. The molecule has 0 spiro atoms. The van der Waals surface area contributed by atoms with Crippen LogP contribution < -0.4 is 9.62 Å². The minimum atomic E-state index is -3.26. The number of carbonyl (C=O) groups is 1. The van der Waals surface area contributed by atoms with Gasteiger partial charge < -0.3 is 4.90 Å². The molecule has 0 saturated carbocycles. The Morgan fingerprint density at radius 1 is 1.25 bits per heavy atom. The summed E-state index contributed by atoms with van der Waals surface area (Å²) in [4.78, 5) is 13.7. The SMILES string of the molecule is CCCN1C(=O)CCc2cc(NS(=O)(=O)CC)ccc21. The monoisotopic (exact) mass is 296 g/mol. The second-order valence-corrected chi connectivity index (χ2v) is 6.91. The van der Waals surface area contributed by atoms with Gasteiger partial charge >= 0.3 is 0 Å². The van der Waals surface area contributed by atoms with Gasteiger partial charge in [-0.05, 0) is 43.5 Å². The van der Waals surface area contributed by atoms with E-state index in [-0.39, 0.29) is 11.7 Å². The standard InChI is InChI=1S/C14H20N2O3S/c1-3-9-16-13-7-6-12(15-20(18,19)4-2)10-11(13)5-8-14(16)17/h6-7,10,15H,3-5,8-9H2,1-2H3. The van der Waals surface area contributed by atoms with Crippen LogP contribution in [-0.4, -0.2) is 26.6 Å². The molecule has 0 saturated heterocycles. The Labute approximate surface area is 120 Å². The smallest absolute Gasteiger partial charge is 0.232 e. The van der Waals surface area contributed by atoms with Crippen LogP contribution in [0.1, 0.15) is 32.3 Å². The first-order chi connectivity index (χ1) is 9.46. The van der Waals surface area contributed by atoms with Crippen molar-refractivity contribution in [3.8, 4) is 0 Å². The second kappa shape index (κ2) is 5.83. The summed E-state index contributed by atoms with van der Waals surface area (Å²) in [5.41, 5.74) is 2.49. The van der Waals surface area contributed by atoms with E-state index in [0.29, 0.717) is 25.1 Å². The van der Waals surface area contributed by atoms with Crippen LogP contribution in [0.15, 0.2) is 18.2 Å². The van der Waals surface area contributed by atoms with Crippen LogP contribution in [0.4, 0.5) is 11.4 Å². The van der Waals surface area contributed by atoms with E-state index in [1.165, 1.54) is 0 Å². The number of aryl methyl sites for hydroxylation is 1. The number of nitrogens with one attached hydrogen (secondary N) is 1. The first-order valence-corrected chi connectivity index (χ1v) is 8.56. The van der Waals surface area contributed by atoms with Gasteiger partial charge in [0, 0.05) is 24.3 Å². The molecule has 0 fully saturated rings. The Bertz CT molecular complexity index is 611. The summed E-state index contributed by atoms with van der Waals surface area (Å²) in [5.74, 6) is 0.186. The van der Waals surface area contributed by atoms with E-state index in [4.69, 9.17) is 0 Å². The number of anilines is 2. The molecule has 1 aliphatic heterocycles. The predicted octanol–water partition coefficient (Wildman–Crippen LogP) is 2.14. The van der Waals surface area contributed by atoms with E-state index in [1.54, 1.807) is 17.9 Å². The molecule has 1 aromatic carbocycles. The lowest BCUT2D eigenvalue weighted by Crippen LogP contribution is -2.35. The van der Waals surface area contributed by atoms with Crippen molar-refractivity contribution < 1.29 is 13.2 Å². The fourth-order valence-corrected chi connectivity index (χ4v) is 2.97. The third-order valence-electron chi connectivity index (χ3n) is 3.38. The normalized spacial score (nSPS) is 15.1. The molecule has 0 bridgehead atoms. The molecule has 0 atom stereocenters. The fourth-order valence-electron chi connectivity index (χ4n) is 2.34. The summed E-state index contributed by atoms with van der Waals surface area (Å²) in [6.45, 7) is 4.33. The molecule has 6 heteroatoms. The average Bonchev–Trinajstić information content (AvgIpc) is 2.42. The van der Waals surface area contributed by atoms with Crippen LogP contribution in [-0.2, 0) is 21.2 Å². The molecule has 0 unspecified atom stereocenters. The Kier molecular flexibility index (Phi) is 4.32. The quantitative estimate of drug-likeness (QED) is 0.905. The highest BCUT2D eigenvalue weighted by Gasteiger charge is 2.23. The van der Waals surface area contributed by atoms with Gasteiger partial charge in [0.25, 0.3) is 0 Å². The number of hydrogen-bond donors (Lipinski definition) is 1. The summed E-state index contributed by atoms with van der Waals surface area (Å²) in [7, 11) is -3.26. The average molecular weight is 296 g/mol. The van der Waals surface area contributed by atoms with E-state index in [1.807, 2.05) is 19.1 Å². The maximum Gasteiger partial charge on any atom is 0.232 e. The summed E-state index contributed by atoms with van der Waals surface area (Å²) < 4.78 is 25.7. The Balaban J connectivity index is 2.30. The van der Waals surface area contributed by atoms with E-state index in [2.05, 4.69) is 4.72 Å². The number of amides is 1. The Morgan fingerprint density at radius 2 is 2.00 bits per heavy atom. The van der Waals surface area contributed by atoms with Gasteiger partial charge in [0.05, 0.1) is 5.75 Å². The molecule has 110 valence electrons. The van der Waals surface area contributed by atoms with Crippen molar-refractivity contribution in [3.63, 3.8) is 0 Å². The van der Waals surface area contributed by atoms with Gasteiger partial charge in [0.1, 0.15) is 0 Å². The summed E-state index contributed by atoms with van der Waals surface area (Å²) in [6.07, 6.45) is 2.04. The fraction of sp³-hybridized carbons (Fsp3) is 0.500. The number of hydrogen-bond acceptors (Lipinski definition) is 3. The van der Waals surface area contributed by atoms with Gasteiger partial charge in [-0.1, -0.05) is 6.92 Å². The second-order valence-electron chi connectivity index (χ2n) is 4.89. The molecule has 1 N–H and O–H groups in total. The number of nitrogens with zero attached hydrogens (tertiary/aromatic N) is 1.